The van der Waals surface area contributed by atoms with E-state index >= 15 is 0 Å². The van der Waals surface area contributed by atoms with Crippen molar-refractivity contribution >= 4 is 17.1 Å². The fraction of sp³-hybridized carbons (Fsp3) is 0.118. The van der Waals surface area contributed by atoms with Gasteiger partial charge in [0.15, 0.2) is 5.82 Å². The lowest BCUT2D eigenvalue weighted by molar-refractivity contribution is 0.414. The monoisotopic (exact) mass is 322 g/mol. The normalized spacial score (nSPS) is 11.0. The minimum atomic E-state index is 0.624. The molecule has 0 atom stereocenters. The quantitative estimate of drug-likeness (QED) is 0.577. The molecule has 114 valence electrons. The molecule has 0 amide bonds. The van der Waals surface area contributed by atoms with Gasteiger partial charge < -0.3 is 4.74 Å². The van der Waals surface area contributed by atoms with Crippen LogP contribution >= 0.6 is 11.3 Å². The van der Waals surface area contributed by atoms with Gasteiger partial charge in [-0.2, -0.15) is 9.50 Å². The summed E-state index contributed by atoms with van der Waals surface area (Å²) in [6, 6.07) is 14.0. The van der Waals surface area contributed by atoms with Crippen LogP contribution in [-0.2, 0) is 6.42 Å². The van der Waals surface area contributed by atoms with E-state index in [9.17, 15) is 0 Å². The molecule has 6 heteroatoms. The molecule has 0 unspecified atom stereocenters. The van der Waals surface area contributed by atoms with Crippen LogP contribution in [0.5, 0.6) is 5.75 Å². The third kappa shape index (κ3) is 2.68. The van der Waals surface area contributed by atoms with Crippen LogP contribution in [0.1, 0.15) is 11.4 Å². The highest BCUT2D eigenvalue weighted by atomic mass is 32.1. The van der Waals surface area contributed by atoms with E-state index in [1.165, 1.54) is 0 Å². The molecule has 0 N–H and O–H groups in total. The fourth-order valence-electron chi connectivity index (χ4n) is 2.45. The van der Waals surface area contributed by atoms with Gasteiger partial charge in [-0.25, -0.2) is 4.98 Å². The van der Waals surface area contributed by atoms with E-state index < -0.39 is 0 Å². The lowest BCUT2D eigenvalue weighted by atomic mass is 10.1. The molecule has 0 aliphatic carbocycles. The third-order valence-electron chi connectivity index (χ3n) is 3.58. The summed E-state index contributed by atoms with van der Waals surface area (Å²) in [6.07, 6.45) is 2.44. The zero-order valence-electron chi connectivity index (χ0n) is 12.5. The predicted molar refractivity (Wildman–Crippen MR) is 89.9 cm³/mol. The molecule has 0 saturated carbocycles. The number of thiophene rings is 1. The van der Waals surface area contributed by atoms with Crippen molar-refractivity contribution in [1.29, 1.82) is 0 Å². The number of hydrogen-bond donors (Lipinski definition) is 0. The standard InChI is InChI=1S/C17H14N4OS/c1-22-13-6-4-12(5-7-13)11-16-19-17-18-9-8-14(21(17)20-16)15-3-2-10-23-15/h2-10H,11H2,1H3. The number of methoxy groups -OCH3 is 1. The van der Waals surface area contributed by atoms with Crippen LogP contribution in [0, 0.1) is 0 Å². The summed E-state index contributed by atoms with van der Waals surface area (Å²) in [7, 11) is 1.66. The molecule has 3 aromatic heterocycles. The molecule has 23 heavy (non-hydrogen) atoms. The first-order valence-electron chi connectivity index (χ1n) is 7.21. The minimum absolute atomic E-state index is 0.624. The fourth-order valence-corrected chi connectivity index (χ4v) is 3.18. The van der Waals surface area contributed by atoms with Gasteiger partial charge in [-0.15, -0.1) is 16.4 Å². The Labute approximate surface area is 137 Å². The van der Waals surface area contributed by atoms with Crippen LogP contribution in [0.25, 0.3) is 16.3 Å². The van der Waals surface area contributed by atoms with E-state index in [1.54, 1.807) is 24.6 Å². The number of aromatic nitrogens is 4. The Hall–Kier alpha value is -2.73. The maximum absolute atomic E-state index is 5.18. The Balaban J connectivity index is 1.70. The van der Waals surface area contributed by atoms with Crippen LogP contribution in [0.15, 0.2) is 54.0 Å². The van der Waals surface area contributed by atoms with Crippen LogP contribution in [0.2, 0.25) is 0 Å². The Morgan fingerprint density at radius 1 is 1.13 bits per heavy atom. The number of fused-ring (bicyclic) bond motifs is 1. The summed E-state index contributed by atoms with van der Waals surface area (Å²) in [6.45, 7) is 0. The van der Waals surface area contributed by atoms with E-state index in [1.807, 2.05) is 40.9 Å². The van der Waals surface area contributed by atoms with Gasteiger partial charge in [0.1, 0.15) is 5.75 Å². The summed E-state index contributed by atoms with van der Waals surface area (Å²) in [5, 5.41) is 6.68. The number of hydrogen-bond acceptors (Lipinski definition) is 5. The maximum atomic E-state index is 5.18. The topological polar surface area (TPSA) is 52.3 Å². The van der Waals surface area contributed by atoms with Crippen LogP contribution in [0.3, 0.4) is 0 Å². The molecule has 5 nitrogen and oxygen atoms in total. The van der Waals surface area contributed by atoms with E-state index in [0.717, 1.165) is 27.7 Å². The highest BCUT2D eigenvalue weighted by Crippen LogP contribution is 2.24. The molecule has 4 aromatic rings. The van der Waals surface area contributed by atoms with Crippen molar-refractivity contribution in [1.82, 2.24) is 19.6 Å². The molecule has 0 bridgehead atoms. The van der Waals surface area contributed by atoms with Gasteiger partial charge in [-0.1, -0.05) is 18.2 Å². The summed E-state index contributed by atoms with van der Waals surface area (Å²) >= 11 is 1.68. The van der Waals surface area contributed by atoms with Crippen molar-refractivity contribution in [3.05, 3.63) is 65.4 Å². The molecule has 4 rings (SSSR count). The molecule has 0 spiro atoms. The van der Waals surface area contributed by atoms with Crippen molar-refractivity contribution in [3.63, 3.8) is 0 Å². The Morgan fingerprint density at radius 2 is 2.00 bits per heavy atom. The largest absolute Gasteiger partial charge is 0.497 e. The van der Waals surface area contributed by atoms with E-state index in [-0.39, 0.29) is 0 Å². The van der Waals surface area contributed by atoms with Crippen molar-refractivity contribution < 1.29 is 4.74 Å². The van der Waals surface area contributed by atoms with E-state index in [2.05, 4.69) is 26.5 Å². The second-order valence-electron chi connectivity index (χ2n) is 5.07. The van der Waals surface area contributed by atoms with Gasteiger partial charge in [0.25, 0.3) is 5.78 Å². The lowest BCUT2D eigenvalue weighted by Gasteiger charge is -2.01. The molecule has 1 aromatic carbocycles. The predicted octanol–water partition coefficient (Wildman–Crippen LogP) is 3.45. The number of rotatable bonds is 4. The van der Waals surface area contributed by atoms with Gasteiger partial charge in [-0.3, -0.25) is 0 Å². The Bertz CT molecular complexity index is 929. The summed E-state index contributed by atoms with van der Waals surface area (Å²) < 4.78 is 6.99. The Morgan fingerprint density at radius 3 is 2.74 bits per heavy atom. The second-order valence-corrected chi connectivity index (χ2v) is 6.02. The minimum Gasteiger partial charge on any atom is -0.497 e. The number of nitrogens with zero attached hydrogens (tertiary/aromatic N) is 4. The van der Waals surface area contributed by atoms with Crippen molar-refractivity contribution in [2.75, 3.05) is 7.11 Å². The molecule has 0 aliphatic rings. The molecule has 0 saturated heterocycles. The number of ether oxygens (including phenoxy) is 1. The third-order valence-corrected chi connectivity index (χ3v) is 4.47. The van der Waals surface area contributed by atoms with Gasteiger partial charge in [0, 0.05) is 12.6 Å². The zero-order valence-corrected chi connectivity index (χ0v) is 13.3. The molecular formula is C17H14N4OS. The van der Waals surface area contributed by atoms with Crippen molar-refractivity contribution in [2.45, 2.75) is 6.42 Å². The summed E-state index contributed by atoms with van der Waals surface area (Å²) in [5.41, 5.74) is 2.15. The van der Waals surface area contributed by atoms with Gasteiger partial charge in [0.2, 0.25) is 0 Å². The van der Waals surface area contributed by atoms with Gasteiger partial charge in [0.05, 0.1) is 17.7 Å². The SMILES string of the molecule is COc1ccc(Cc2nc3nccc(-c4cccs4)n3n2)cc1. The van der Waals surface area contributed by atoms with Crippen LogP contribution in [-0.4, -0.2) is 26.7 Å². The number of benzene rings is 1. The molecule has 0 aliphatic heterocycles. The molecule has 0 radical (unpaired) electrons. The average Bonchev–Trinajstić information content (AvgIpc) is 3.24. The first-order valence-corrected chi connectivity index (χ1v) is 8.09. The highest BCUT2D eigenvalue weighted by Gasteiger charge is 2.11. The maximum Gasteiger partial charge on any atom is 0.252 e. The highest BCUT2D eigenvalue weighted by molar-refractivity contribution is 7.13. The molecule has 0 fully saturated rings. The molecular weight excluding hydrogens is 308 g/mol. The summed E-state index contributed by atoms with van der Waals surface area (Å²) in [5.74, 6) is 2.23. The summed E-state index contributed by atoms with van der Waals surface area (Å²) in [4.78, 5) is 10.0. The van der Waals surface area contributed by atoms with E-state index in [0.29, 0.717) is 12.2 Å². The van der Waals surface area contributed by atoms with Crippen LogP contribution in [0.4, 0.5) is 0 Å². The first kappa shape index (κ1) is 13.9. The van der Waals surface area contributed by atoms with Gasteiger partial charge >= 0.3 is 0 Å². The molecule has 3 heterocycles. The Kier molecular flexibility index (Phi) is 3.51. The van der Waals surface area contributed by atoms with Crippen molar-refractivity contribution in [2.24, 2.45) is 0 Å². The van der Waals surface area contributed by atoms with E-state index in [4.69, 9.17) is 4.74 Å². The lowest BCUT2D eigenvalue weighted by Crippen LogP contribution is -1.95. The van der Waals surface area contributed by atoms with Gasteiger partial charge in [-0.05, 0) is 35.2 Å². The second kappa shape index (κ2) is 5.81. The van der Waals surface area contributed by atoms with Crippen molar-refractivity contribution in [3.8, 4) is 16.3 Å². The van der Waals surface area contributed by atoms with Crippen LogP contribution < -0.4 is 4.74 Å². The first-order chi connectivity index (χ1) is 11.3. The smallest absolute Gasteiger partial charge is 0.252 e. The zero-order chi connectivity index (χ0) is 15.6. The average molecular weight is 322 g/mol.